The minimum Gasteiger partial charge on any atom is -0.389 e. The van der Waals surface area contributed by atoms with Crippen LogP contribution in [-0.4, -0.2) is 34.6 Å². The maximum atomic E-state index is 12.8. The lowest BCUT2D eigenvalue weighted by molar-refractivity contribution is -0.130. The van der Waals surface area contributed by atoms with E-state index < -0.39 is 5.60 Å². The van der Waals surface area contributed by atoms with E-state index in [2.05, 4.69) is 6.58 Å². The average molecular weight is 263 g/mol. The van der Waals surface area contributed by atoms with Crippen LogP contribution in [0.3, 0.4) is 0 Å². The Morgan fingerprint density at radius 1 is 1.37 bits per heavy atom. The summed E-state index contributed by atoms with van der Waals surface area (Å²) in [6.45, 7) is 4.52. The van der Waals surface area contributed by atoms with Gasteiger partial charge in [0.15, 0.2) is 0 Å². The summed E-state index contributed by atoms with van der Waals surface area (Å²) in [6.07, 6.45) is 2.85. The molecule has 0 aromatic heterocycles. The normalized spacial score (nSPS) is 18.1. The van der Waals surface area contributed by atoms with Gasteiger partial charge in [-0.1, -0.05) is 18.7 Å². The molecule has 1 heterocycles. The van der Waals surface area contributed by atoms with Gasteiger partial charge in [-0.25, -0.2) is 4.39 Å². The number of hydrogen-bond donors (Lipinski definition) is 1. The molecule has 102 valence electrons. The van der Waals surface area contributed by atoms with Gasteiger partial charge in [-0.15, -0.1) is 0 Å². The van der Waals surface area contributed by atoms with Gasteiger partial charge in [-0.05, 0) is 36.6 Å². The summed E-state index contributed by atoms with van der Waals surface area (Å²) in [5.41, 5.74) is 0.0999. The van der Waals surface area contributed by atoms with E-state index in [1.54, 1.807) is 17.0 Å². The Balaban J connectivity index is 1.96. The van der Waals surface area contributed by atoms with E-state index in [1.807, 2.05) is 0 Å². The van der Waals surface area contributed by atoms with E-state index >= 15 is 0 Å². The fourth-order valence-electron chi connectivity index (χ4n) is 2.43. The number of halogens is 1. The summed E-state index contributed by atoms with van der Waals surface area (Å²) in [5, 5.41) is 10.5. The van der Waals surface area contributed by atoms with Gasteiger partial charge >= 0.3 is 0 Å². The molecule has 1 aliphatic rings. The summed E-state index contributed by atoms with van der Waals surface area (Å²) in [7, 11) is 0. The highest BCUT2D eigenvalue weighted by Crippen LogP contribution is 2.26. The number of carbonyl (C=O) groups excluding carboxylic acids is 1. The predicted octanol–water partition coefficient (Wildman–Crippen LogP) is 1.91. The molecule has 0 bridgehead atoms. The van der Waals surface area contributed by atoms with Gasteiger partial charge in [-0.2, -0.15) is 0 Å². The van der Waals surface area contributed by atoms with E-state index in [0.29, 0.717) is 32.4 Å². The van der Waals surface area contributed by atoms with Crippen LogP contribution in [-0.2, 0) is 11.2 Å². The molecule has 1 aliphatic heterocycles. The standard InChI is InChI=1S/C15H18FNO2/c1-2-14(18)17-9-7-15(19,8-10-17)11-12-3-5-13(16)6-4-12/h2-6,19H,1,7-11H2. The van der Waals surface area contributed by atoms with Crippen molar-refractivity contribution in [1.82, 2.24) is 4.90 Å². The van der Waals surface area contributed by atoms with Crippen LogP contribution in [0, 0.1) is 5.82 Å². The molecule has 1 fully saturated rings. The van der Waals surface area contributed by atoms with Crippen molar-refractivity contribution in [2.24, 2.45) is 0 Å². The fourth-order valence-corrected chi connectivity index (χ4v) is 2.43. The molecule has 0 unspecified atom stereocenters. The number of nitrogens with zero attached hydrogens (tertiary/aromatic N) is 1. The highest BCUT2D eigenvalue weighted by atomic mass is 19.1. The maximum absolute atomic E-state index is 12.8. The van der Waals surface area contributed by atoms with E-state index in [1.165, 1.54) is 18.2 Å². The van der Waals surface area contributed by atoms with Crippen LogP contribution in [0.4, 0.5) is 4.39 Å². The number of piperidine rings is 1. The summed E-state index contributed by atoms with van der Waals surface area (Å²) in [6, 6.07) is 6.17. The molecule has 1 N–H and O–H groups in total. The van der Waals surface area contributed by atoms with Crippen molar-refractivity contribution < 1.29 is 14.3 Å². The minimum atomic E-state index is -0.810. The van der Waals surface area contributed by atoms with Crippen molar-refractivity contribution in [3.63, 3.8) is 0 Å². The molecule has 1 saturated heterocycles. The fraction of sp³-hybridized carbons (Fsp3) is 0.400. The zero-order chi connectivity index (χ0) is 13.9. The van der Waals surface area contributed by atoms with Gasteiger partial charge in [0.25, 0.3) is 0 Å². The molecular weight excluding hydrogens is 245 g/mol. The van der Waals surface area contributed by atoms with Crippen molar-refractivity contribution >= 4 is 5.91 Å². The third-order valence-corrected chi connectivity index (χ3v) is 3.63. The van der Waals surface area contributed by atoms with Crippen LogP contribution in [0.25, 0.3) is 0 Å². The number of carbonyl (C=O) groups is 1. The van der Waals surface area contributed by atoms with Crippen molar-refractivity contribution in [2.75, 3.05) is 13.1 Å². The monoisotopic (exact) mass is 263 g/mol. The predicted molar refractivity (Wildman–Crippen MR) is 71.1 cm³/mol. The van der Waals surface area contributed by atoms with Gasteiger partial charge < -0.3 is 10.0 Å². The topological polar surface area (TPSA) is 40.5 Å². The van der Waals surface area contributed by atoms with Crippen LogP contribution in [0.1, 0.15) is 18.4 Å². The Kier molecular flexibility index (Phi) is 4.00. The van der Waals surface area contributed by atoms with Crippen LogP contribution in [0.5, 0.6) is 0 Å². The van der Waals surface area contributed by atoms with Crippen molar-refractivity contribution in [2.45, 2.75) is 24.9 Å². The highest BCUT2D eigenvalue weighted by molar-refractivity contribution is 5.87. The molecule has 4 heteroatoms. The highest BCUT2D eigenvalue weighted by Gasteiger charge is 2.33. The van der Waals surface area contributed by atoms with Crippen LogP contribution in [0.2, 0.25) is 0 Å². The van der Waals surface area contributed by atoms with Crippen LogP contribution < -0.4 is 0 Å². The first-order chi connectivity index (χ1) is 9.02. The summed E-state index contributed by atoms with van der Waals surface area (Å²) in [4.78, 5) is 13.1. The molecule has 0 atom stereocenters. The number of likely N-dealkylation sites (tertiary alicyclic amines) is 1. The summed E-state index contributed by atoms with van der Waals surface area (Å²) < 4.78 is 12.8. The summed E-state index contributed by atoms with van der Waals surface area (Å²) >= 11 is 0. The van der Waals surface area contributed by atoms with Crippen molar-refractivity contribution in [3.05, 3.63) is 48.3 Å². The molecular formula is C15H18FNO2. The van der Waals surface area contributed by atoms with Crippen LogP contribution in [0.15, 0.2) is 36.9 Å². The first-order valence-corrected chi connectivity index (χ1v) is 6.41. The lowest BCUT2D eigenvalue weighted by Crippen LogP contribution is -2.47. The number of rotatable bonds is 3. The van der Waals surface area contributed by atoms with Gasteiger partial charge in [-0.3, -0.25) is 4.79 Å². The second-order valence-electron chi connectivity index (χ2n) is 5.06. The van der Waals surface area contributed by atoms with Gasteiger partial charge in [0.05, 0.1) is 5.60 Å². The first-order valence-electron chi connectivity index (χ1n) is 6.41. The zero-order valence-electron chi connectivity index (χ0n) is 10.8. The van der Waals surface area contributed by atoms with Crippen molar-refractivity contribution in [3.8, 4) is 0 Å². The summed E-state index contributed by atoms with van der Waals surface area (Å²) in [5.74, 6) is -0.369. The third-order valence-electron chi connectivity index (χ3n) is 3.63. The molecule has 3 nitrogen and oxygen atoms in total. The lowest BCUT2D eigenvalue weighted by Gasteiger charge is -2.38. The van der Waals surface area contributed by atoms with Crippen molar-refractivity contribution in [1.29, 1.82) is 0 Å². The molecule has 1 amide bonds. The molecule has 0 spiro atoms. The second kappa shape index (κ2) is 5.53. The van der Waals surface area contributed by atoms with Gasteiger partial charge in [0.2, 0.25) is 5.91 Å². The minimum absolute atomic E-state index is 0.0937. The van der Waals surface area contributed by atoms with E-state index in [0.717, 1.165) is 5.56 Å². The Morgan fingerprint density at radius 3 is 2.47 bits per heavy atom. The molecule has 0 radical (unpaired) electrons. The number of hydrogen-bond acceptors (Lipinski definition) is 2. The molecule has 1 aromatic carbocycles. The van der Waals surface area contributed by atoms with E-state index in [9.17, 15) is 14.3 Å². The third kappa shape index (κ3) is 3.41. The largest absolute Gasteiger partial charge is 0.389 e. The molecule has 0 aliphatic carbocycles. The van der Waals surface area contributed by atoms with Gasteiger partial charge in [0, 0.05) is 19.5 Å². The maximum Gasteiger partial charge on any atom is 0.245 e. The Bertz CT molecular complexity index is 462. The molecule has 2 rings (SSSR count). The zero-order valence-corrected chi connectivity index (χ0v) is 10.8. The van der Waals surface area contributed by atoms with E-state index in [4.69, 9.17) is 0 Å². The molecule has 1 aromatic rings. The lowest BCUT2D eigenvalue weighted by atomic mass is 9.85. The first kappa shape index (κ1) is 13.7. The van der Waals surface area contributed by atoms with Crippen LogP contribution >= 0.6 is 0 Å². The molecule has 19 heavy (non-hydrogen) atoms. The Labute approximate surface area is 112 Å². The van der Waals surface area contributed by atoms with E-state index in [-0.39, 0.29) is 11.7 Å². The Morgan fingerprint density at radius 2 is 1.95 bits per heavy atom. The Hall–Kier alpha value is -1.68. The second-order valence-corrected chi connectivity index (χ2v) is 5.06. The number of amides is 1. The smallest absolute Gasteiger partial charge is 0.245 e. The average Bonchev–Trinajstić information content (AvgIpc) is 2.41. The SMILES string of the molecule is C=CC(=O)N1CCC(O)(Cc2ccc(F)cc2)CC1. The molecule has 0 saturated carbocycles. The number of aliphatic hydroxyl groups is 1. The quantitative estimate of drug-likeness (QED) is 0.846. The van der Waals surface area contributed by atoms with Gasteiger partial charge in [0.1, 0.15) is 5.82 Å². The number of benzene rings is 1.